The second-order valence-electron chi connectivity index (χ2n) is 7.46. The number of carboxylic acid groups (broad SMARTS) is 1. The molecule has 0 aromatic rings. The molecule has 172 valence electrons. The Kier molecular flexibility index (Phi) is 15.5. The minimum atomic E-state index is -3.86. The van der Waals surface area contributed by atoms with E-state index in [2.05, 4.69) is 5.32 Å². The van der Waals surface area contributed by atoms with Crippen molar-refractivity contribution in [1.29, 1.82) is 0 Å². The number of amides is 1. The van der Waals surface area contributed by atoms with Crippen molar-refractivity contribution < 1.29 is 37.2 Å². The monoisotopic (exact) mass is 439 g/mol. The largest absolute Gasteiger partial charge is 0.481 e. The number of rotatable bonds is 13. The van der Waals surface area contributed by atoms with E-state index < -0.39 is 21.5 Å². The zero-order valence-electron chi connectivity index (χ0n) is 18.2. The molecular weight excluding hydrogens is 402 g/mol. The number of unbranched alkanes of at least 4 members (excludes halogenated alkanes) is 1. The maximum atomic E-state index is 11.4. The molecule has 0 heterocycles. The quantitative estimate of drug-likeness (QED) is 0.225. The highest BCUT2D eigenvalue weighted by atomic mass is 32.2. The average molecular weight is 440 g/mol. The number of carbonyl (C=O) groups excluding carboxylic acids is 2. The molecule has 0 saturated carbocycles. The molecule has 29 heavy (non-hydrogen) atoms. The lowest BCUT2D eigenvalue weighted by atomic mass is 9.91. The van der Waals surface area contributed by atoms with Crippen LogP contribution in [0.25, 0.3) is 0 Å². The highest BCUT2D eigenvalue weighted by Gasteiger charge is 2.26. The van der Waals surface area contributed by atoms with Gasteiger partial charge in [-0.3, -0.25) is 18.9 Å². The summed E-state index contributed by atoms with van der Waals surface area (Å²) in [6, 6.07) is 0. The van der Waals surface area contributed by atoms with Gasteiger partial charge in [-0.05, 0) is 46.0 Å². The molecule has 1 amide bonds. The van der Waals surface area contributed by atoms with Crippen LogP contribution in [-0.4, -0.2) is 54.8 Å². The molecule has 10 heteroatoms. The Labute approximate surface area is 174 Å². The molecule has 3 N–H and O–H groups in total. The van der Waals surface area contributed by atoms with Crippen LogP contribution in [0.1, 0.15) is 73.1 Å². The van der Waals surface area contributed by atoms with Gasteiger partial charge in [-0.1, -0.05) is 20.8 Å². The fourth-order valence-corrected chi connectivity index (χ4v) is 2.28. The van der Waals surface area contributed by atoms with Crippen LogP contribution >= 0.6 is 0 Å². The van der Waals surface area contributed by atoms with Crippen molar-refractivity contribution >= 4 is 28.0 Å². The molecule has 0 rings (SSSR count). The first-order chi connectivity index (χ1) is 13.3. The summed E-state index contributed by atoms with van der Waals surface area (Å²) in [6.45, 7) is 9.96. The predicted octanol–water partition coefficient (Wildman–Crippen LogP) is 2.65. The summed E-state index contributed by atoms with van der Waals surface area (Å²) in [4.78, 5) is 32.8. The van der Waals surface area contributed by atoms with Crippen molar-refractivity contribution in [2.24, 2.45) is 11.3 Å². The second-order valence-corrected chi connectivity index (χ2v) is 9.04. The van der Waals surface area contributed by atoms with E-state index in [1.54, 1.807) is 0 Å². The summed E-state index contributed by atoms with van der Waals surface area (Å²) < 4.78 is 34.1. The number of carbonyl (C=O) groups is 3. The van der Waals surface area contributed by atoms with Crippen molar-refractivity contribution in [3.63, 3.8) is 0 Å². The summed E-state index contributed by atoms with van der Waals surface area (Å²) >= 11 is 0. The molecular formula is C19H37NO8S. The molecule has 0 aromatic carbocycles. The third-order valence-electron chi connectivity index (χ3n) is 4.39. The summed E-state index contributed by atoms with van der Waals surface area (Å²) in [5.74, 6) is -1.39. The molecule has 0 spiro atoms. The predicted molar refractivity (Wildman–Crippen MR) is 110 cm³/mol. The fourth-order valence-electron chi connectivity index (χ4n) is 1.71. The average Bonchev–Trinajstić information content (AvgIpc) is 2.63. The Bertz CT molecular complexity index is 601. The van der Waals surface area contributed by atoms with Gasteiger partial charge in [0.1, 0.15) is 0 Å². The number of hydrogen-bond acceptors (Lipinski definition) is 6. The number of aliphatic carboxylic acids is 1. The smallest absolute Gasteiger partial charge is 0.311 e. The first-order valence-electron chi connectivity index (χ1n) is 9.88. The molecule has 0 aliphatic rings. The van der Waals surface area contributed by atoms with E-state index in [4.69, 9.17) is 14.4 Å². The van der Waals surface area contributed by atoms with Crippen LogP contribution in [0.3, 0.4) is 0 Å². The first-order valence-corrected chi connectivity index (χ1v) is 11.5. The standard InChI is InChI=1S/C10H18O4.C9H19NO4S/c1-4-10(2,3)9(13)14-7-5-6-8(11)12;1-3-8(2)9(11)10-6-4-5-7-15(12,13)14/h4-7H2,1-3H3,(H,11,12);8H,3-7H2,1-2H3,(H,10,11)(H,12,13,14). The highest BCUT2D eigenvalue weighted by molar-refractivity contribution is 7.85. The zero-order valence-corrected chi connectivity index (χ0v) is 19.0. The van der Waals surface area contributed by atoms with Gasteiger partial charge < -0.3 is 15.2 Å². The lowest BCUT2D eigenvalue weighted by Crippen LogP contribution is -2.29. The summed E-state index contributed by atoms with van der Waals surface area (Å²) in [5.41, 5.74) is -0.469. The van der Waals surface area contributed by atoms with Crippen LogP contribution in [0, 0.1) is 11.3 Å². The molecule has 0 bridgehead atoms. The van der Waals surface area contributed by atoms with Gasteiger partial charge in [-0.25, -0.2) is 0 Å². The molecule has 9 nitrogen and oxygen atoms in total. The van der Waals surface area contributed by atoms with E-state index in [0.29, 0.717) is 32.2 Å². The third kappa shape index (κ3) is 18.1. The summed E-state index contributed by atoms with van der Waals surface area (Å²) in [5, 5.41) is 11.0. The van der Waals surface area contributed by atoms with Gasteiger partial charge >= 0.3 is 11.9 Å². The lowest BCUT2D eigenvalue weighted by molar-refractivity contribution is -0.155. The number of hydrogen-bond donors (Lipinski definition) is 3. The molecule has 0 aliphatic carbocycles. The topological polar surface area (TPSA) is 147 Å². The molecule has 1 atom stereocenters. The van der Waals surface area contributed by atoms with E-state index in [-0.39, 0.29) is 36.6 Å². The number of carboxylic acids is 1. The Morgan fingerprint density at radius 1 is 1.10 bits per heavy atom. The SMILES string of the molecule is CCC(C)(C)C(=O)OCCCC(=O)O.CCC(C)C(=O)NCCCCS(=O)(=O)O. The van der Waals surface area contributed by atoms with Gasteiger partial charge in [0.05, 0.1) is 17.8 Å². The van der Waals surface area contributed by atoms with Gasteiger partial charge in [0.2, 0.25) is 5.91 Å². The minimum absolute atomic E-state index is 0.00780. The first kappa shape index (κ1) is 29.5. The molecule has 1 unspecified atom stereocenters. The molecule has 0 aliphatic heterocycles. The van der Waals surface area contributed by atoms with E-state index in [0.717, 1.165) is 6.42 Å². The van der Waals surface area contributed by atoms with Gasteiger partial charge in [-0.2, -0.15) is 8.42 Å². The normalized spacial score (nSPS) is 12.3. The van der Waals surface area contributed by atoms with Crippen LogP contribution < -0.4 is 5.32 Å². The van der Waals surface area contributed by atoms with Gasteiger partial charge in [0, 0.05) is 18.9 Å². The Hall–Kier alpha value is -1.68. The van der Waals surface area contributed by atoms with Crippen molar-refractivity contribution in [3.8, 4) is 0 Å². The van der Waals surface area contributed by atoms with Crippen molar-refractivity contribution in [2.45, 2.75) is 73.1 Å². The molecule has 0 fully saturated rings. The number of esters is 1. The van der Waals surface area contributed by atoms with Crippen LogP contribution in [-0.2, 0) is 29.2 Å². The summed E-state index contributed by atoms with van der Waals surface area (Å²) in [6.07, 6.45) is 2.84. The summed E-state index contributed by atoms with van der Waals surface area (Å²) in [7, 11) is -3.86. The van der Waals surface area contributed by atoms with Crippen LogP contribution in [0.5, 0.6) is 0 Å². The van der Waals surface area contributed by atoms with Crippen LogP contribution in [0.2, 0.25) is 0 Å². The Morgan fingerprint density at radius 3 is 2.14 bits per heavy atom. The maximum absolute atomic E-state index is 11.4. The number of ether oxygens (including phenoxy) is 1. The van der Waals surface area contributed by atoms with Crippen molar-refractivity contribution in [2.75, 3.05) is 18.9 Å². The highest BCUT2D eigenvalue weighted by Crippen LogP contribution is 2.21. The van der Waals surface area contributed by atoms with Gasteiger partial charge in [0.15, 0.2) is 0 Å². The van der Waals surface area contributed by atoms with Crippen LogP contribution in [0.15, 0.2) is 0 Å². The van der Waals surface area contributed by atoms with E-state index in [9.17, 15) is 22.8 Å². The maximum Gasteiger partial charge on any atom is 0.311 e. The zero-order chi connectivity index (χ0) is 23.1. The Balaban J connectivity index is 0. The van der Waals surface area contributed by atoms with E-state index in [1.807, 2.05) is 34.6 Å². The Morgan fingerprint density at radius 2 is 1.69 bits per heavy atom. The van der Waals surface area contributed by atoms with Crippen molar-refractivity contribution in [3.05, 3.63) is 0 Å². The molecule has 0 aromatic heterocycles. The van der Waals surface area contributed by atoms with Crippen LogP contribution in [0.4, 0.5) is 0 Å². The van der Waals surface area contributed by atoms with Gasteiger partial charge in [0.25, 0.3) is 10.1 Å². The minimum Gasteiger partial charge on any atom is -0.481 e. The lowest BCUT2D eigenvalue weighted by Gasteiger charge is -2.19. The molecule has 0 saturated heterocycles. The van der Waals surface area contributed by atoms with E-state index in [1.165, 1.54) is 0 Å². The third-order valence-corrected chi connectivity index (χ3v) is 5.20. The molecule has 0 radical (unpaired) electrons. The van der Waals surface area contributed by atoms with E-state index >= 15 is 0 Å². The fraction of sp³-hybridized carbons (Fsp3) is 0.842. The second kappa shape index (κ2) is 15.2. The number of nitrogens with one attached hydrogen (secondary N) is 1. The van der Waals surface area contributed by atoms with Gasteiger partial charge in [-0.15, -0.1) is 0 Å². The van der Waals surface area contributed by atoms with Crippen molar-refractivity contribution in [1.82, 2.24) is 5.32 Å².